The number of β-amino-alcohol motifs (C(OH)–C–C–N with tert-alkyl or cyclic N) is 1. The molecule has 4 nitrogen and oxygen atoms in total. The van der Waals surface area contributed by atoms with Crippen LogP contribution in [0, 0.1) is 6.92 Å². The number of hydrogen-bond donors (Lipinski definition) is 2. The summed E-state index contributed by atoms with van der Waals surface area (Å²) in [5, 5.41) is 14.0. The first-order valence-corrected chi connectivity index (χ1v) is 7.03. The molecule has 1 aromatic rings. The molecule has 0 bridgehead atoms. The number of aliphatic hydroxyl groups excluding tert-OH is 1. The largest absolute Gasteiger partial charge is 0.491 e. The molecule has 1 aromatic carbocycles. The van der Waals surface area contributed by atoms with Crippen molar-refractivity contribution >= 4 is 11.6 Å². The molecule has 1 saturated heterocycles. The number of aryl methyl sites for hydroxylation is 1. The quantitative estimate of drug-likeness (QED) is 0.855. The third-order valence-electron chi connectivity index (χ3n) is 3.25. The highest BCUT2D eigenvalue weighted by Crippen LogP contribution is 2.21. The van der Waals surface area contributed by atoms with Gasteiger partial charge in [0.2, 0.25) is 0 Å². The molecule has 0 spiro atoms. The number of nitrogens with one attached hydrogen (secondary N) is 1. The minimum Gasteiger partial charge on any atom is -0.491 e. The number of ether oxygens (including phenoxy) is 1. The van der Waals surface area contributed by atoms with Gasteiger partial charge in [-0.05, 0) is 30.7 Å². The van der Waals surface area contributed by atoms with Crippen molar-refractivity contribution in [2.45, 2.75) is 13.0 Å². The predicted molar refractivity (Wildman–Crippen MR) is 77.0 cm³/mol. The number of halogens is 1. The third-order valence-corrected chi connectivity index (χ3v) is 3.48. The van der Waals surface area contributed by atoms with Crippen molar-refractivity contribution in [2.24, 2.45) is 0 Å². The zero-order chi connectivity index (χ0) is 13.7. The molecule has 0 saturated carbocycles. The standard InChI is InChI=1S/C14H21ClN2O2/c1-11-8-12(15)2-3-14(11)19-10-13(18)9-17-6-4-16-5-7-17/h2-3,8,13,16,18H,4-7,9-10H2,1H3. The zero-order valence-electron chi connectivity index (χ0n) is 11.2. The first-order valence-electron chi connectivity index (χ1n) is 6.65. The van der Waals surface area contributed by atoms with Gasteiger partial charge in [-0.3, -0.25) is 4.90 Å². The Bertz CT molecular complexity index is 408. The van der Waals surface area contributed by atoms with E-state index >= 15 is 0 Å². The molecular formula is C14H21ClN2O2. The van der Waals surface area contributed by atoms with Crippen LogP contribution in [0.1, 0.15) is 5.56 Å². The van der Waals surface area contributed by atoms with E-state index in [9.17, 15) is 5.11 Å². The Morgan fingerprint density at radius 3 is 2.84 bits per heavy atom. The number of nitrogens with zero attached hydrogens (tertiary/aromatic N) is 1. The lowest BCUT2D eigenvalue weighted by Crippen LogP contribution is -2.47. The summed E-state index contributed by atoms with van der Waals surface area (Å²) in [7, 11) is 0. The van der Waals surface area contributed by atoms with Gasteiger partial charge in [0.05, 0.1) is 0 Å². The van der Waals surface area contributed by atoms with Crippen molar-refractivity contribution in [1.82, 2.24) is 10.2 Å². The van der Waals surface area contributed by atoms with E-state index in [1.807, 2.05) is 19.1 Å². The highest BCUT2D eigenvalue weighted by Gasteiger charge is 2.15. The van der Waals surface area contributed by atoms with E-state index in [0.717, 1.165) is 37.5 Å². The Balaban J connectivity index is 1.77. The molecule has 19 heavy (non-hydrogen) atoms. The first kappa shape index (κ1) is 14.6. The maximum absolute atomic E-state index is 10.00. The number of benzene rings is 1. The van der Waals surface area contributed by atoms with E-state index in [-0.39, 0.29) is 0 Å². The topological polar surface area (TPSA) is 44.7 Å². The fourth-order valence-corrected chi connectivity index (χ4v) is 2.43. The molecule has 1 aliphatic rings. The summed E-state index contributed by atoms with van der Waals surface area (Å²) in [4.78, 5) is 2.25. The summed E-state index contributed by atoms with van der Waals surface area (Å²) in [5.41, 5.74) is 0.988. The lowest BCUT2D eigenvalue weighted by atomic mass is 10.2. The van der Waals surface area contributed by atoms with Gasteiger partial charge < -0.3 is 15.2 Å². The average molecular weight is 285 g/mol. The van der Waals surface area contributed by atoms with Gasteiger partial charge in [0.15, 0.2) is 0 Å². The van der Waals surface area contributed by atoms with Crippen LogP contribution in [-0.2, 0) is 0 Å². The molecule has 1 atom stereocenters. The molecule has 0 aromatic heterocycles. The Kier molecular flexibility index (Phi) is 5.45. The van der Waals surface area contributed by atoms with Gasteiger partial charge in [0, 0.05) is 37.7 Å². The molecule has 0 amide bonds. The number of hydrogen-bond acceptors (Lipinski definition) is 4. The maximum Gasteiger partial charge on any atom is 0.122 e. The van der Waals surface area contributed by atoms with E-state index < -0.39 is 6.10 Å². The molecular weight excluding hydrogens is 264 g/mol. The third kappa shape index (κ3) is 4.66. The van der Waals surface area contributed by atoms with Crippen molar-refractivity contribution in [2.75, 3.05) is 39.3 Å². The molecule has 1 fully saturated rings. The highest BCUT2D eigenvalue weighted by molar-refractivity contribution is 6.30. The smallest absolute Gasteiger partial charge is 0.122 e. The van der Waals surface area contributed by atoms with Crippen LogP contribution in [0.25, 0.3) is 0 Å². The van der Waals surface area contributed by atoms with Gasteiger partial charge >= 0.3 is 0 Å². The molecule has 1 aliphatic heterocycles. The van der Waals surface area contributed by atoms with Gasteiger partial charge in [0.1, 0.15) is 18.5 Å². The van der Waals surface area contributed by atoms with E-state index in [4.69, 9.17) is 16.3 Å². The predicted octanol–water partition coefficient (Wildman–Crippen LogP) is 1.29. The summed E-state index contributed by atoms with van der Waals surface area (Å²) in [5.74, 6) is 0.781. The van der Waals surface area contributed by atoms with Crippen LogP contribution in [0.15, 0.2) is 18.2 Å². The molecule has 5 heteroatoms. The van der Waals surface area contributed by atoms with Crippen LogP contribution in [-0.4, -0.2) is 55.4 Å². The van der Waals surface area contributed by atoms with Crippen LogP contribution >= 0.6 is 11.6 Å². The zero-order valence-corrected chi connectivity index (χ0v) is 12.0. The Morgan fingerprint density at radius 1 is 1.42 bits per heavy atom. The van der Waals surface area contributed by atoms with Crippen molar-refractivity contribution in [3.05, 3.63) is 28.8 Å². The lowest BCUT2D eigenvalue weighted by Gasteiger charge is -2.29. The normalized spacial score (nSPS) is 18.3. The summed E-state index contributed by atoms with van der Waals surface area (Å²) < 4.78 is 5.64. The summed E-state index contributed by atoms with van der Waals surface area (Å²) in [6.07, 6.45) is -0.465. The van der Waals surface area contributed by atoms with E-state index in [1.165, 1.54) is 0 Å². The Labute approximate surface area is 119 Å². The van der Waals surface area contributed by atoms with Crippen LogP contribution in [0.3, 0.4) is 0 Å². The molecule has 0 aliphatic carbocycles. The monoisotopic (exact) mass is 284 g/mol. The molecule has 1 unspecified atom stereocenters. The van der Waals surface area contributed by atoms with Crippen molar-refractivity contribution < 1.29 is 9.84 Å². The van der Waals surface area contributed by atoms with Crippen molar-refractivity contribution in [3.8, 4) is 5.75 Å². The van der Waals surface area contributed by atoms with Crippen LogP contribution in [0.2, 0.25) is 5.02 Å². The minimum atomic E-state index is -0.465. The van der Waals surface area contributed by atoms with Gasteiger partial charge in [-0.25, -0.2) is 0 Å². The van der Waals surface area contributed by atoms with Gasteiger partial charge in [-0.1, -0.05) is 11.6 Å². The second kappa shape index (κ2) is 7.10. The van der Waals surface area contributed by atoms with E-state index in [1.54, 1.807) is 6.07 Å². The van der Waals surface area contributed by atoms with Crippen LogP contribution in [0.4, 0.5) is 0 Å². The van der Waals surface area contributed by atoms with Crippen molar-refractivity contribution in [1.29, 1.82) is 0 Å². The molecule has 106 valence electrons. The Morgan fingerprint density at radius 2 is 2.16 bits per heavy atom. The minimum absolute atomic E-state index is 0.312. The van der Waals surface area contributed by atoms with E-state index in [2.05, 4.69) is 10.2 Å². The van der Waals surface area contributed by atoms with Crippen molar-refractivity contribution in [3.63, 3.8) is 0 Å². The molecule has 2 rings (SSSR count). The van der Waals surface area contributed by atoms with Crippen LogP contribution < -0.4 is 10.1 Å². The summed E-state index contributed by atoms with van der Waals surface area (Å²) in [6.45, 7) is 6.87. The second-order valence-electron chi connectivity index (χ2n) is 4.93. The van der Waals surface area contributed by atoms with Gasteiger partial charge in [-0.2, -0.15) is 0 Å². The first-order chi connectivity index (χ1) is 9.15. The SMILES string of the molecule is Cc1cc(Cl)ccc1OCC(O)CN1CCNCC1. The fourth-order valence-electron chi connectivity index (χ4n) is 2.21. The maximum atomic E-state index is 10.00. The number of rotatable bonds is 5. The van der Waals surface area contributed by atoms with Crippen LogP contribution in [0.5, 0.6) is 5.75 Å². The second-order valence-corrected chi connectivity index (χ2v) is 5.36. The molecule has 2 N–H and O–H groups in total. The van der Waals surface area contributed by atoms with Gasteiger partial charge in [0.25, 0.3) is 0 Å². The molecule has 0 radical (unpaired) electrons. The number of aliphatic hydroxyl groups is 1. The summed E-state index contributed by atoms with van der Waals surface area (Å²) >= 11 is 5.89. The fraction of sp³-hybridized carbons (Fsp3) is 0.571. The Hall–Kier alpha value is -0.810. The lowest BCUT2D eigenvalue weighted by molar-refractivity contribution is 0.0639. The average Bonchev–Trinajstić information content (AvgIpc) is 2.39. The van der Waals surface area contributed by atoms with Gasteiger partial charge in [-0.15, -0.1) is 0 Å². The molecule has 1 heterocycles. The van der Waals surface area contributed by atoms with E-state index in [0.29, 0.717) is 18.2 Å². The highest BCUT2D eigenvalue weighted by atomic mass is 35.5. The summed E-state index contributed by atoms with van der Waals surface area (Å²) in [6, 6.07) is 5.50. The number of piperazine rings is 1.